The highest BCUT2D eigenvalue weighted by atomic mass is 16.5. The van der Waals surface area contributed by atoms with E-state index in [9.17, 15) is 9.59 Å². The van der Waals surface area contributed by atoms with Crippen molar-refractivity contribution in [3.63, 3.8) is 0 Å². The maximum absolute atomic E-state index is 12.1. The summed E-state index contributed by atoms with van der Waals surface area (Å²) in [7, 11) is 1.64. The van der Waals surface area contributed by atoms with Gasteiger partial charge in [0.15, 0.2) is 0 Å². The second kappa shape index (κ2) is 6.05. The molecule has 0 spiro atoms. The van der Waals surface area contributed by atoms with Crippen molar-refractivity contribution in [2.45, 2.75) is 25.8 Å². The molecule has 0 heterocycles. The van der Waals surface area contributed by atoms with Crippen molar-refractivity contribution in [2.24, 2.45) is 5.41 Å². The summed E-state index contributed by atoms with van der Waals surface area (Å²) in [6, 6.07) is 6.53. The SMILES string of the molecule is COCCC1(C(=O)NCc2ccc(C(=O)O)cc2)CC1. The van der Waals surface area contributed by atoms with E-state index in [1.54, 1.807) is 31.4 Å². The van der Waals surface area contributed by atoms with Gasteiger partial charge in [0.25, 0.3) is 0 Å². The molecule has 1 aromatic rings. The van der Waals surface area contributed by atoms with Crippen LogP contribution in [0.4, 0.5) is 0 Å². The molecule has 1 saturated carbocycles. The molecule has 0 saturated heterocycles. The number of aromatic carboxylic acids is 1. The first-order valence-electron chi connectivity index (χ1n) is 6.67. The summed E-state index contributed by atoms with van der Waals surface area (Å²) in [6.07, 6.45) is 2.59. The monoisotopic (exact) mass is 277 g/mol. The first-order chi connectivity index (χ1) is 9.57. The first kappa shape index (κ1) is 14.5. The largest absolute Gasteiger partial charge is 0.478 e. The number of carbonyl (C=O) groups excluding carboxylic acids is 1. The number of amides is 1. The zero-order valence-corrected chi connectivity index (χ0v) is 11.5. The lowest BCUT2D eigenvalue weighted by Crippen LogP contribution is -2.32. The Balaban J connectivity index is 1.86. The molecule has 1 aromatic carbocycles. The summed E-state index contributed by atoms with van der Waals surface area (Å²) in [5, 5.41) is 11.7. The molecule has 0 aliphatic heterocycles. The minimum absolute atomic E-state index is 0.0665. The van der Waals surface area contributed by atoms with Crippen LogP contribution < -0.4 is 5.32 Å². The Morgan fingerprint density at radius 1 is 1.30 bits per heavy atom. The van der Waals surface area contributed by atoms with Gasteiger partial charge >= 0.3 is 5.97 Å². The maximum atomic E-state index is 12.1. The lowest BCUT2D eigenvalue weighted by atomic mass is 10.0. The van der Waals surface area contributed by atoms with Crippen LogP contribution in [0.3, 0.4) is 0 Å². The van der Waals surface area contributed by atoms with Gasteiger partial charge in [-0.2, -0.15) is 0 Å². The fourth-order valence-electron chi connectivity index (χ4n) is 2.17. The van der Waals surface area contributed by atoms with Crippen molar-refractivity contribution < 1.29 is 19.4 Å². The van der Waals surface area contributed by atoms with Crippen LogP contribution in [0.25, 0.3) is 0 Å². The molecule has 2 rings (SSSR count). The number of ether oxygens (including phenoxy) is 1. The number of methoxy groups -OCH3 is 1. The van der Waals surface area contributed by atoms with Crippen LogP contribution in [0.15, 0.2) is 24.3 Å². The molecule has 1 fully saturated rings. The van der Waals surface area contributed by atoms with Crippen LogP contribution in [0, 0.1) is 5.41 Å². The highest BCUT2D eigenvalue weighted by Crippen LogP contribution is 2.48. The Morgan fingerprint density at radius 3 is 2.45 bits per heavy atom. The number of carboxylic acid groups (broad SMARTS) is 1. The van der Waals surface area contributed by atoms with E-state index in [2.05, 4.69) is 5.32 Å². The Hall–Kier alpha value is -1.88. The Labute approximate surface area is 117 Å². The third-order valence-corrected chi connectivity index (χ3v) is 3.77. The highest BCUT2D eigenvalue weighted by molar-refractivity contribution is 5.87. The van der Waals surface area contributed by atoms with E-state index in [0.29, 0.717) is 13.2 Å². The Kier molecular flexibility index (Phi) is 4.39. The van der Waals surface area contributed by atoms with Gasteiger partial charge in [0.2, 0.25) is 5.91 Å². The quantitative estimate of drug-likeness (QED) is 0.797. The maximum Gasteiger partial charge on any atom is 0.335 e. The molecule has 5 heteroatoms. The average molecular weight is 277 g/mol. The van der Waals surface area contributed by atoms with E-state index in [0.717, 1.165) is 24.8 Å². The molecule has 1 aliphatic rings. The van der Waals surface area contributed by atoms with Gasteiger partial charge in [-0.3, -0.25) is 4.79 Å². The molecule has 2 N–H and O–H groups in total. The summed E-state index contributed by atoms with van der Waals surface area (Å²) >= 11 is 0. The smallest absolute Gasteiger partial charge is 0.335 e. The number of hydrogen-bond acceptors (Lipinski definition) is 3. The minimum Gasteiger partial charge on any atom is -0.478 e. The lowest BCUT2D eigenvalue weighted by molar-refractivity contribution is -0.127. The van der Waals surface area contributed by atoms with Crippen molar-refractivity contribution >= 4 is 11.9 Å². The van der Waals surface area contributed by atoms with Crippen molar-refractivity contribution in [3.05, 3.63) is 35.4 Å². The normalized spacial score (nSPS) is 15.7. The van der Waals surface area contributed by atoms with E-state index in [1.165, 1.54) is 0 Å². The van der Waals surface area contributed by atoms with Crippen molar-refractivity contribution in [3.8, 4) is 0 Å². The van der Waals surface area contributed by atoms with Crippen LogP contribution in [0.1, 0.15) is 35.2 Å². The lowest BCUT2D eigenvalue weighted by Gasteiger charge is -2.14. The zero-order valence-electron chi connectivity index (χ0n) is 11.5. The molecule has 0 bridgehead atoms. The molecule has 1 aliphatic carbocycles. The van der Waals surface area contributed by atoms with Gasteiger partial charge < -0.3 is 15.2 Å². The van der Waals surface area contributed by atoms with Crippen LogP contribution in [-0.2, 0) is 16.1 Å². The summed E-state index contributed by atoms with van der Waals surface area (Å²) < 4.78 is 5.03. The van der Waals surface area contributed by atoms with Crippen LogP contribution in [0.5, 0.6) is 0 Å². The van der Waals surface area contributed by atoms with Crippen molar-refractivity contribution in [1.82, 2.24) is 5.32 Å². The second-order valence-corrected chi connectivity index (χ2v) is 5.21. The molecule has 0 unspecified atom stereocenters. The van der Waals surface area contributed by atoms with E-state index in [1.807, 2.05) is 0 Å². The van der Waals surface area contributed by atoms with Gasteiger partial charge in [-0.05, 0) is 37.0 Å². The van der Waals surface area contributed by atoms with E-state index < -0.39 is 5.97 Å². The minimum atomic E-state index is -0.947. The standard InChI is InChI=1S/C15H19NO4/c1-20-9-8-15(6-7-15)14(19)16-10-11-2-4-12(5-3-11)13(17)18/h2-5H,6-10H2,1H3,(H,16,19)(H,17,18). The number of nitrogens with one attached hydrogen (secondary N) is 1. The molecule has 1 amide bonds. The van der Waals surface area contributed by atoms with Gasteiger partial charge in [0.1, 0.15) is 0 Å². The molecule has 108 valence electrons. The third kappa shape index (κ3) is 3.36. The second-order valence-electron chi connectivity index (χ2n) is 5.21. The molecule has 20 heavy (non-hydrogen) atoms. The number of rotatable bonds is 7. The predicted molar refractivity (Wildman–Crippen MR) is 73.4 cm³/mol. The Morgan fingerprint density at radius 2 is 1.95 bits per heavy atom. The molecular weight excluding hydrogens is 258 g/mol. The first-order valence-corrected chi connectivity index (χ1v) is 6.67. The van der Waals surface area contributed by atoms with Gasteiger partial charge in [0.05, 0.1) is 11.0 Å². The molecule has 0 radical (unpaired) electrons. The number of benzene rings is 1. The number of carbonyl (C=O) groups is 2. The predicted octanol–water partition coefficient (Wildman–Crippen LogP) is 1.82. The summed E-state index contributed by atoms with van der Waals surface area (Å²) in [4.78, 5) is 22.9. The molecular formula is C15H19NO4. The molecule has 5 nitrogen and oxygen atoms in total. The van der Waals surface area contributed by atoms with E-state index >= 15 is 0 Å². The molecule has 0 aromatic heterocycles. The fraction of sp³-hybridized carbons (Fsp3) is 0.467. The number of hydrogen-bond donors (Lipinski definition) is 2. The summed E-state index contributed by atoms with van der Waals surface area (Å²) in [6.45, 7) is 1.02. The van der Waals surface area contributed by atoms with Gasteiger partial charge in [0, 0.05) is 20.3 Å². The van der Waals surface area contributed by atoms with E-state index in [4.69, 9.17) is 9.84 Å². The molecule has 0 atom stereocenters. The third-order valence-electron chi connectivity index (χ3n) is 3.77. The summed E-state index contributed by atoms with van der Waals surface area (Å²) in [5.74, 6) is -0.881. The van der Waals surface area contributed by atoms with Crippen molar-refractivity contribution in [2.75, 3.05) is 13.7 Å². The topological polar surface area (TPSA) is 75.6 Å². The number of carboxylic acids is 1. The van der Waals surface area contributed by atoms with E-state index in [-0.39, 0.29) is 16.9 Å². The highest BCUT2D eigenvalue weighted by Gasteiger charge is 2.48. The average Bonchev–Trinajstić information content (AvgIpc) is 3.24. The summed E-state index contributed by atoms with van der Waals surface area (Å²) in [5.41, 5.74) is 0.904. The van der Waals surface area contributed by atoms with Gasteiger partial charge in [-0.1, -0.05) is 12.1 Å². The van der Waals surface area contributed by atoms with Gasteiger partial charge in [-0.25, -0.2) is 4.79 Å². The van der Waals surface area contributed by atoms with Gasteiger partial charge in [-0.15, -0.1) is 0 Å². The van der Waals surface area contributed by atoms with Crippen LogP contribution >= 0.6 is 0 Å². The fourth-order valence-corrected chi connectivity index (χ4v) is 2.17. The van der Waals surface area contributed by atoms with Crippen molar-refractivity contribution in [1.29, 1.82) is 0 Å². The zero-order chi connectivity index (χ0) is 14.6. The van der Waals surface area contributed by atoms with Crippen LogP contribution in [-0.4, -0.2) is 30.7 Å². The van der Waals surface area contributed by atoms with Crippen LogP contribution in [0.2, 0.25) is 0 Å². The Bertz CT molecular complexity index is 491.